The largest absolute Gasteiger partial charge is 0.306 e. The van der Waals surface area contributed by atoms with E-state index < -0.39 is 32.6 Å². The molecule has 1 aliphatic heterocycles. The molecule has 114 valence electrons. The van der Waals surface area contributed by atoms with Gasteiger partial charge in [-0.2, -0.15) is 5.26 Å². The number of nitrogens with zero attached hydrogens (tertiary/aromatic N) is 2. The molecule has 1 N–H and O–H groups in total. The van der Waals surface area contributed by atoms with Crippen molar-refractivity contribution in [3.05, 3.63) is 28.2 Å². The third kappa shape index (κ3) is 3.33. The molecule has 5 nitrogen and oxygen atoms in total. The van der Waals surface area contributed by atoms with Crippen molar-refractivity contribution >= 4 is 26.0 Å². The monoisotopic (exact) mass is 379 g/mol. The number of benzene rings is 1. The van der Waals surface area contributed by atoms with Crippen LogP contribution < -0.4 is 4.72 Å². The van der Waals surface area contributed by atoms with Gasteiger partial charge >= 0.3 is 0 Å². The van der Waals surface area contributed by atoms with Gasteiger partial charge in [0, 0.05) is 24.7 Å². The van der Waals surface area contributed by atoms with Crippen LogP contribution in [0.5, 0.6) is 0 Å². The van der Waals surface area contributed by atoms with Crippen LogP contribution in [0.15, 0.2) is 21.5 Å². The van der Waals surface area contributed by atoms with Gasteiger partial charge in [0.05, 0.1) is 4.47 Å². The molecule has 1 aromatic rings. The summed E-state index contributed by atoms with van der Waals surface area (Å²) in [7, 11) is -4.13. The zero-order valence-electron chi connectivity index (χ0n) is 11.0. The molecular formula is C12H12BrF2N3O2S. The second-order valence-electron chi connectivity index (χ2n) is 4.85. The number of hydrogen-bond donors (Lipinski definition) is 1. The van der Waals surface area contributed by atoms with Crippen LogP contribution in [0.25, 0.3) is 0 Å². The SMILES string of the molecule is C[C@H]1C[C@@H](NS(=O)(=O)c2cc(Br)c(F)cc2F)CN1C#N. The molecule has 0 aromatic heterocycles. The van der Waals surface area contributed by atoms with Crippen molar-refractivity contribution in [2.24, 2.45) is 0 Å². The van der Waals surface area contributed by atoms with Crippen LogP contribution in [0.2, 0.25) is 0 Å². The lowest BCUT2D eigenvalue weighted by molar-refractivity contribution is 0.386. The van der Waals surface area contributed by atoms with Gasteiger partial charge in [0.1, 0.15) is 16.5 Å². The number of halogens is 3. The Hall–Kier alpha value is -1.24. The molecular weight excluding hydrogens is 368 g/mol. The van der Waals surface area contributed by atoms with Gasteiger partial charge < -0.3 is 4.90 Å². The van der Waals surface area contributed by atoms with Crippen LogP contribution in [-0.2, 0) is 10.0 Å². The fraction of sp³-hybridized carbons (Fsp3) is 0.417. The number of likely N-dealkylation sites (tertiary alicyclic amines) is 1. The Morgan fingerprint density at radius 1 is 1.43 bits per heavy atom. The zero-order chi connectivity index (χ0) is 15.8. The molecule has 1 aromatic carbocycles. The lowest BCUT2D eigenvalue weighted by atomic mass is 10.2. The molecule has 0 bridgehead atoms. The van der Waals surface area contributed by atoms with E-state index in [1.54, 1.807) is 6.92 Å². The van der Waals surface area contributed by atoms with Crippen molar-refractivity contribution in [3.63, 3.8) is 0 Å². The Balaban J connectivity index is 2.24. The molecule has 1 saturated heterocycles. The molecule has 9 heteroatoms. The van der Waals surface area contributed by atoms with E-state index in [0.717, 1.165) is 6.07 Å². The second-order valence-corrected chi connectivity index (χ2v) is 7.39. The van der Waals surface area contributed by atoms with Crippen LogP contribution in [0.1, 0.15) is 13.3 Å². The predicted octanol–water partition coefficient (Wildman–Crippen LogP) is 1.95. The van der Waals surface area contributed by atoms with Gasteiger partial charge in [-0.1, -0.05) is 0 Å². The van der Waals surface area contributed by atoms with Gasteiger partial charge in [0.2, 0.25) is 10.0 Å². The quantitative estimate of drug-likeness (QED) is 0.643. The Morgan fingerprint density at radius 2 is 2.10 bits per heavy atom. The molecule has 0 amide bonds. The highest BCUT2D eigenvalue weighted by molar-refractivity contribution is 9.10. The minimum Gasteiger partial charge on any atom is -0.306 e. The fourth-order valence-electron chi connectivity index (χ4n) is 2.25. The van der Waals surface area contributed by atoms with E-state index in [-0.39, 0.29) is 17.1 Å². The van der Waals surface area contributed by atoms with Crippen molar-refractivity contribution in [2.75, 3.05) is 6.54 Å². The average molecular weight is 380 g/mol. The number of hydrogen-bond acceptors (Lipinski definition) is 4. The topological polar surface area (TPSA) is 73.2 Å². The summed E-state index contributed by atoms with van der Waals surface area (Å²) in [5.41, 5.74) is 0. The van der Waals surface area contributed by atoms with Gasteiger partial charge in [-0.3, -0.25) is 0 Å². The van der Waals surface area contributed by atoms with E-state index in [2.05, 4.69) is 20.7 Å². The first-order valence-corrected chi connectivity index (χ1v) is 8.35. The molecule has 0 spiro atoms. The molecule has 1 fully saturated rings. The second kappa shape index (κ2) is 5.87. The molecule has 0 radical (unpaired) electrons. The molecule has 21 heavy (non-hydrogen) atoms. The third-order valence-electron chi connectivity index (χ3n) is 3.29. The zero-order valence-corrected chi connectivity index (χ0v) is 13.4. The van der Waals surface area contributed by atoms with Crippen molar-refractivity contribution in [1.82, 2.24) is 9.62 Å². The standard InChI is InChI=1S/C12H12BrF2N3O2S/c1-7-2-8(5-18(7)6-16)17-21(19,20)12-3-9(13)10(14)4-11(12)15/h3-4,7-8,17H,2,5H2,1H3/t7-,8+/m0/s1. The minimum atomic E-state index is -4.13. The van der Waals surface area contributed by atoms with Gasteiger partial charge in [0.15, 0.2) is 6.19 Å². The molecule has 2 atom stereocenters. The van der Waals surface area contributed by atoms with E-state index in [9.17, 15) is 17.2 Å². The van der Waals surface area contributed by atoms with Crippen LogP contribution in [0, 0.1) is 23.1 Å². The highest BCUT2D eigenvalue weighted by Crippen LogP contribution is 2.25. The molecule has 1 heterocycles. The predicted molar refractivity (Wildman–Crippen MR) is 74.6 cm³/mol. The Labute approximate surface area is 129 Å². The van der Waals surface area contributed by atoms with Gasteiger partial charge in [-0.25, -0.2) is 21.9 Å². The van der Waals surface area contributed by atoms with E-state index in [1.807, 2.05) is 6.19 Å². The van der Waals surface area contributed by atoms with Crippen molar-refractivity contribution in [3.8, 4) is 6.19 Å². The van der Waals surface area contributed by atoms with Crippen molar-refractivity contribution < 1.29 is 17.2 Å². The van der Waals surface area contributed by atoms with Gasteiger partial charge in [0.25, 0.3) is 0 Å². The van der Waals surface area contributed by atoms with E-state index in [1.165, 1.54) is 4.90 Å². The molecule has 2 rings (SSSR count). The normalized spacial score (nSPS) is 22.3. The van der Waals surface area contributed by atoms with Crippen LogP contribution in [-0.4, -0.2) is 31.9 Å². The first-order valence-electron chi connectivity index (χ1n) is 6.08. The first kappa shape index (κ1) is 16.1. The van der Waals surface area contributed by atoms with Crippen molar-refractivity contribution in [1.29, 1.82) is 5.26 Å². The first-order chi connectivity index (χ1) is 9.74. The summed E-state index contributed by atoms with van der Waals surface area (Å²) in [6.45, 7) is 2.02. The average Bonchev–Trinajstić information content (AvgIpc) is 2.72. The Kier molecular flexibility index (Phi) is 4.51. The maximum Gasteiger partial charge on any atom is 0.243 e. The van der Waals surface area contributed by atoms with Crippen LogP contribution >= 0.6 is 15.9 Å². The molecule has 0 aliphatic carbocycles. The summed E-state index contributed by atoms with van der Waals surface area (Å²) in [5.74, 6) is -2.04. The number of sulfonamides is 1. The van der Waals surface area contributed by atoms with Crippen LogP contribution in [0.3, 0.4) is 0 Å². The van der Waals surface area contributed by atoms with Crippen molar-refractivity contribution in [2.45, 2.75) is 30.3 Å². The molecule has 0 unspecified atom stereocenters. The molecule has 1 aliphatic rings. The third-order valence-corrected chi connectivity index (χ3v) is 5.43. The molecule has 0 saturated carbocycles. The maximum absolute atomic E-state index is 13.7. The van der Waals surface area contributed by atoms with E-state index in [4.69, 9.17) is 5.26 Å². The Morgan fingerprint density at radius 3 is 2.67 bits per heavy atom. The van der Waals surface area contributed by atoms with Gasteiger partial charge in [-0.05, 0) is 35.3 Å². The van der Waals surface area contributed by atoms with Gasteiger partial charge in [-0.15, -0.1) is 0 Å². The summed E-state index contributed by atoms with van der Waals surface area (Å²) < 4.78 is 53.4. The highest BCUT2D eigenvalue weighted by atomic mass is 79.9. The lowest BCUT2D eigenvalue weighted by Crippen LogP contribution is -2.36. The summed E-state index contributed by atoms with van der Waals surface area (Å²) in [5, 5.41) is 8.87. The number of nitriles is 1. The Bertz CT molecular complexity index is 705. The smallest absolute Gasteiger partial charge is 0.243 e. The summed E-state index contributed by atoms with van der Waals surface area (Å²) in [6, 6.07) is 0.811. The summed E-state index contributed by atoms with van der Waals surface area (Å²) >= 11 is 2.83. The lowest BCUT2D eigenvalue weighted by Gasteiger charge is -2.13. The van der Waals surface area contributed by atoms with Crippen LogP contribution in [0.4, 0.5) is 8.78 Å². The number of rotatable bonds is 3. The summed E-state index contributed by atoms with van der Waals surface area (Å²) in [6.07, 6.45) is 2.41. The van der Waals surface area contributed by atoms with E-state index >= 15 is 0 Å². The van der Waals surface area contributed by atoms with E-state index in [0.29, 0.717) is 12.5 Å². The summed E-state index contributed by atoms with van der Waals surface area (Å²) in [4.78, 5) is 0.822. The number of nitrogens with one attached hydrogen (secondary N) is 1. The fourth-order valence-corrected chi connectivity index (χ4v) is 4.07. The minimum absolute atomic E-state index is 0.0903. The highest BCUT2D eigenvalue weighted by Gasteiger charge is 2.32. The maximum atomic E-state index is 13.7.